The van der Waals surface area contributed by atoms with Gasteiger partial charge in [-0.1, -0.05) is 24.3 Å². The van der Waals surface area contributed by atoms with Gasteiger partial charge in [0.05, 0.1) is 9.85 Å². The molecular weight excluding hydrogens is 368 g/mol. The van der Waals surface area contributed by atoms with E-state index in [-0.39, 0.29) is 17.1 Å². The van der Waals surface area contributed by atoms with Crippen molar-refractivity contribution in [2.45, 2.75) is 6.92 Å². The van der Waals surface area contributed by atoms with Crippen LogP contribution in [0.5, 0.6) is 5.75 Å². The van der Waals surface area contributed by atoms with Crippen molar-refractivity contribution in [1.82, 2.24) is 5.43 Å². The fraction of sp³-hybridized carbons (Fsp3) is 0.111. The molecule has 0 fully saturated rings. The molecule has 10 nitrogen and oxygen atoms in total. The van der Waals surface area contributed by atoms with Gasteiger partial charge in [0.15, 0.2) is 12.4 Å². The van der Waals surface area contributed by atoms with Crippen molar-refractivity contribution < 1.29 is 19.4 Å². The largest absolute Gasteiger partial charge is 0.477 e. The number of aryl methyl sites for hydroxylation is 1. The van der Waals surface area contributed by atoms with Crippen molar-refractivity contribution >= 4 is 29.6 Å². The molecule has 1 N–H and O–H groups in total. The maximum absolute atomic E-state index is 11.7. The Morgan fingerprint density at radius 3 is 2.68 bits per heavy atom. The lowest BCUT2D eigenvalue weighted by Gasteiger charge is -2.06. The molecule has 0 aliphatic carbocycles. The molecule has 144 valence electrons. The molecule has 2 aromatic carbocycles. The van der Waals surface area contributed by atoms with Crippen LogP contribution in [-0.2, 0) is 4.79 Å². The number of allylic oxidation sites excluding steroid dienone is 1. The third kappa shape index (κ3) is 6.02. The average Bonchev–Trinajstić information content (AvgIpc) is 2.66. The fourth-order valence-corrected chi connectivity index (χ4v) is 2.12. The average molecular weight is 384 g/mol. The zero-order valence-electron chi connectivity index (χ0n) is 14.8. The minimum absolute atomic E-state index is 0.0136. The first-order chi connectivity index (χ1) is 13.4. The summed E-state index contributed by atoms with van der Waals surface area (Å²) in [7, 11) is 0. The Balaban J connectivity index is 1.85. The van der Waals surface area contributed by atoms with Crippen LogP contribution in [0.3, 0.4) is 0 Å². The van der Waals surface area contributed by atoms with Gasteiger partial charge in [-0.3, -0.25) is 25.0 Å². The summed E-state index contributed by atoms with van der Waals surface area (Å²) in [5, 5.41) is 25.4. The number of hydrogen-bond donors (Lipinski definition) is 1. The third-order valence-electron chi connectivity index (χ3n) is 3.39. The van der Waals surface area contributed by atoms with E-state index in [4.69, 9.17) is 4.74 Å². The van der Waals surface area contributed by atoms with Crippen LogP contribution in [0.1, 0.15) is 11.1 Å². The molecule has 1 amide bonds. The Bertz CT molecular complexity index is 955. The number of ether oxygens (including phenoxy) is 1. The second-order valence-corrected chi connectivity index (χ2v) is 5.54. The number of nitrogens with one attached hydrogen (secondary N) is 1. The molecule has 2 aromatic rings. The molecule has 0 saturated carbocycles. The van der Waals surface area contributed by atoms with Gasteiger partial charge < -0.3 is 4.74 Å². The van der Waals surface area contributed by atoms with Crippen LogP contribution in [0.15, 0.2) is 53.6 Å². The summed E-state index contributed by atoms with van der Waals surface area (Å²) >= 11 is 0. The maximum atomic E-state index is 11.7. The standard InChI is InChI=1S/C18H16N4O6/c1-13-7-8-17(16(10-13)22(26)27)28-12-18(23)20-19-9-3-5-14-4-2-6-15(11-14)21(24)25/h2-11H,12H2,1H3,(H,20,23)/b5-3+,19-9-. The van der Waals surface area contributed by atoms with E-state index >= 15 is 0 Å². The predicted octanol–water partition coefficient (Wildman–Crippen LogP) is 3.01. The van der Waals surface area contributed by atoms with Gasteiger partial charge in [0.2, 0.25) is 0 Å². The van der Waals surface area contributed by atoms with Gasteiger partial charge >= 0.3 is 5.69 Å². The number of nitro groups is 2. The molecule has 0 aliphatic heterocycles. The molecule has 0 spiro atoms. The molecule has 0 radical (unpaired) electrons. The van der Waals surface area contributed by atoms with E-state index in [2.05, 4.69) is 10.5 Å². The van der Waals surface area contributed by atoms with E-state index in [9.17, 15) is 25.0 Å². The smallest absolute Gasteiger partial charge is 0.311 e. The van der Waals surface area contributed by atoms with E-state index < -0.39 is 22.4 Å². The highest BCUT2D eigenvalue weighted by Crippen LogP contribution is 2.27. The summed E-state index contributed by atoms with van der Waals surface area (Å²) in [4.78, 5) is 32.3. The molecule has 0 saturated heterocycles. The first-order valence-corrected chi connectivity index (χ1v) is 7.97. The second-order valence-electron chi connectivity index (χ2n) is 5.54. The number of non-ortho nitro benzene ring substituents is 1. The van der Waals surface area contributed by atoms with Gasteiger partial charge in [0.1, 0.15) is 0 Å². The molecule has 0 bridgehead atoms. The quantitative estimate of drug-likeness (QED) is 0.422. The normalized spacial score (nSPS) is 10.9. The van der Waals surface area contributed by atoms with Crippen molar-refractivity contribution in [3.8, 4) is 5.75 Å². The Hall–Kier alpha value is -4.08. The monoisotopic (exact) mass is 384 g/mol. The summed E-state index contributed by atoms with van der Waals surface area (Å²) in [6.45, 7) is 1.26. The minimum atomic E-state index is -0.602. The van der Waals surface area contributed by atoms with Crippen molar-refractivity contribution in [1.29, 1.82) is 0 Å². The number of benzene rings is 2. The Kier molecular flexibility index (Phi) is 6.92. The Labute approximate surface area is 159 Å². The summed E-state index contributed by atoms with van der Waals surface area (Å²) in [6.07, 6.45) is 4.35. The van der Waals surface area contributed by atoms with Crippen LogP contribution in [-0.4, -0.2) is 28.6 Å². The van der Waals surface area contributed by atoms with Crippen molar-refractivity contribution in [3.05, 3.63) is 79.9 Å². The Morgan fingerprint density at radius 1 is 1.18 bits per heavy atom. The summed E-state index contributed by atoms with van der Waals surface area (Å²) < 4.78 is 5.17. The highest BCUT2D eigenvalue weighted by molar-refractivity contribution is 5.82. The first kappa shape index (κ1) is 20.2. The van der Waals surface area contributed by atoms with Crippen LogP contribution >= 0.6 is 0 Å². The zero-order chi connectivity index (χ0) is 20.5. The molecular formula is C18H16N4O6. The fourth-order valence-electron chi connectivity index (χ4n) is 2.12. The van der Waals surface area contributed by atoms with Crippen molar-refractivity contribution in [2.75, 3.05) is 6.61 Å². The van der Waals surface area contributed by atoms with E-state index in [1.54, 1.807) is 31.2 Å². The van der Waals surface area contributed by atoms with Gasteiger partial charge in [0.25, 0.3) is 11.6 Å². The molecule has 0 unspecified atom stereocenters. The van der Waals surface area contributed by atoms with E-state index in [1.165, 1.54) is 36.6 Å². The highest BCUT2D eigenvalue weighted by Gasteiger charge is 2.16. The predicted molar refractivity (Wildman–Crippen MR) is 102 cm³/mol. The summed E-state index contributed by atoms with van der Waals surface area (Å²) in [5.74, 6) is -0.616. The van der Waals surface area contributed by atoms with Crippen molar-refractivity contribution in [3.63, 3.8) is 0 Å². The number of nitro benzene ring substituents is 2. The number of hydrogen-bond acceptors (Lipinski definition) is 7. The molecule has 0 heterocycles. The van der Waals surface area contributed by atoms with Crippen molar-refractivity contribution in [2.24, 2.45) is 5.10 Å². The van der Waals surface area contributed by atoms with E-state index in [1.807, 2.05) is 0 Å². The van der Waals surface area contributed by atoms with Crippen LogP contribution in [0, 0.1) is 27.2 Å². The van der Waals surface area contributed by atoms with E-state index in [0.717, 1.165) is 0 Å². The molecule has 0 aliphatic rings. The number of rotatable bonds is 8. The maximum Gasteiger partial charge on any atom is 0.311 e. The highest BCUT2D eigenvalue weighted by atomic mass is 16.6. The number of carbonyl (C=O) groups is 1. The van der Waals surface area contributed by atoms with Gasteiger partial charge in [0, 0.05) is 24.4 Å². The third-order valence-corrected chi connectivity index (χ3v) is 3.39. The molecule has 0 atom stereocenters. The number of hydrazone groups is 1. The SMILES string of the molecule is Cc1ccc(OCC(=O)N/N=C\C=C\c2cccc([N+](=O)[O-])c2)c([N+](=O)[O-])c1. The van der Waals surface area contributed by atoms with Crippen LogP contribution in [0.4, 0.5) is 11.4 Å². The van der Waals surface area contributed by atoms with E-state index in [0.29, 0.717) is 11.1 Å². The molecule has 10 heteroatoms. The summed E-state index contributed by atoms with van der Waals surface area (Å²) in [6, 6.07) is 10.4. The minimum Gasteiger partial charge on any atom is -0.477 e. The summed E-state index contributed by atoms with van der Waals surface area (Å²) in [5.41, 5.74) is 3.24. The van der Waals surface area contributed by atoms with Crippen LogP contribution in [0.25, 0.3) is 6.08 Å². The lowest BCUT2D eigenvalue weighted by atomic mass is 10.2. The second kappa shape index (κ2) is 9.57. The van der Waals surface area contributed by atoms with Gasteiger partial charge in [-0.25, -0.2) is 5.43 Å². The topological polar surface area (TPSA) is 137 Å². The lowest BCUT2D eigenvalue weighted by Crippen LogP contribution is -2.24. The van der Waals surface area contributed by atoms with Gasteiger partial charge in [-0.05, 0) is 30.2 Å². The number of nitrogens with zero attached hydrogens (tertiary/aromatic N) is 3. The molecule has 2 rings (SSSR count). The first-order valence-electron chi connectivity index (χ1n) is 7.97. The van der Waals surface area contributed by atoms with Gasteiger partial charge in [-0.2, -0.15) is 5.10 Å². The van der Waals surface area contributed by atoms with Gasteiger partial charge in [-0.15, -0.1) is 0 Å². The van der Waals surface area contributed by atoms with Crippen LogP contribution < -0.4 is 10.2 Å². The number of amides is 1. The van der Waals surface area contributed by atoms with Crippen LogP contribution in [0.2, 0.25) is 0 Å². The molecule has 0 aromatic heterocycles. The number of carbonyl (C=O) groups excluding carboxylic acids is 1. The zero-order valence-corrected chi connectivity index (χ0v) is 14.8. The Morgan fingerprint density at radius 2 is 1.96 bits per heavy atom. The lowest BCUT2D eigenvalue weighted by molar-refractivity contribution is -0.385. The molecule has 28 heavy (non-hydrogen) atoms.